The number of benzene rings is 2. The highest BCUT2D eigenvalue weighted by Gasteiger charge is 2.23. The molecule has 8 heteroatoms. The van der Waals surface area contributed by atoms with E-state index >= 15 is 0 Å². The smallest absolute Gasteiger partial charge is 0.292 e. The van der Waals surface area contributed by atoms with Gasteiger partial charge in [-0.1, -0.05) is 24.3 Å². The molecule has 1 fully saturated rings. The molecule has 1 aliphatic heterocycles. The van der Waals surface area contributed by atoms with Crippen molar-refractivity contribution < 1.29 is 14.1 Å². The molecule has 3 rings (SSSR count). The van der Waals surface area contributed by atoms with Gasteiger partial charge in [-0.15, -0.1) is 0 Å². The Kier molecular flexibility index (Phi) is 5.97. The zero-order valence-corrected chi connectivity index (χ0v) is 14.8. The highest BCUT2D eigenvalue weighted by Crippen LogP contribution is 2.28. The molecule has 142 valence electrons. The summed E-state index contributed by atoms with van der Waals surface area (Å²) >= 11 is 0. The molecule has 0 aromatic heterocycles. The zero-order chi connectivity index (χ0) is 19.2. The van der Waals surface area contributed by atoms with E-state index < -0.39 is 11.7 Å². The Bertz CT molecular complexity index is 822. The number of amides is 1. The number of carbonyl (C=O) groups is 1. The average molecular weight is 372 g/mol. The molecule has 0 spiro atoms. The largest absolute Gasteiger partial charge is 0.363 e. The summed E-state index contributed by atoms with van der Waals surface area (Å²) in [6.45, 7) is 3.88. The number of nitro benzene ring substituents is 1. The number of hydrogen-bond acceptors (Lipinski definition) is 5. The van der Waals surface area contributed by atoms with E-state index in [4.69, 9.17) is 0 Å². The predicted molar refractivity (Wildman–Crippen MR) is 100 cm³/mol. The second-order valence-electron chi connectivity index (χ2n) is 6.31. The van der Waals surface area contributed by atoms with Crippen LogP contribution in [0.25, 0.3) is 0 Å². The van der Waals surface area contributed by atoms with Gasteiger partial charge in [-0.2, -0.15) is 0 Å². The van der Waals surface area contributed by atoms with Crippen molar-refractivity contribution in [3.8, 4) is 0 Å². The molecule has 0 bridgehead atoms. The van der Waals surface area contributed by atoms with Crippen LogP contribution in [0.1, 0.15) is 10.4 Å². The van der Waals surface area contributed by atoms with E-state index in [0.29, 0.717) is 31.9 Å². The first-order chi connectivity index (χ1) is 13.1. The van der Waals surface area contributed by atoms with Crippen LogP contribution in [0.4, 0.5) is 15.8 Å². The number of nitrogens with zero attached hydrogens (tertiary/aromatic N) is 3. The Labute approximate surface area is 156 Å². The highest BCUT2D eigenvalue weighted by atomic mass is 19.1. The van der Waals surface area contributed by atoms with Crippen LogP contribution in [-0.4, -0.2) is 55.0 Å². The van der Waals surface area contributed by atoms with Gasteiger partial charge in [0.15, 0.2) is 0 Å². The van der Waals surface area contributed by atoms with Gasteiger partial charge in [0, 0.05) is 45.3 Å². The fraction of sp³-hybridized carbons (Fsp3) is 0.316. The summed E-state index contributed by atoms with van der Waals surface area (Å²) in [7, 11) is 0. The normalized spacial score (nSPS) is 14.8. The molecule has 1 saturated heterocycles. The molecule has 2 aromatic rings. The molecule has 2 aromatic carbocycles. The van der Waals surface area contributed by atoms with E-state index in [1.807, 2.05) is 4.90 Å². The van der Waals surface area contributed by atoms with E-state index in [-0.39, 0.29) is 16.2 Å². The molecule has 0 aliphatic carbocycles. The summed E-state index contributed by atoms with van der Waals surface area (Å²) in [5, 5.41) is 13.9. The Morgan fingerprint density at radius 3 is 2.44 bits per heavy atom. The third-order valence-corrected chi connectivity index (χ3v) is 4.62. The van der Waals surface area contributed by atoms with Gasteiger partial charge in [-0.3, -0.25) is 19.8 Å². The number of rotatable bonds is 6. The fourth-order valence-electron chi connectivity index (χ4n) is 3.17. The van der Waals surface area contributed by atoms with Crippen LogP contribution in [0.15, 0.2) is 48.5 Å². The molecular formula is C19H21FN4O3. The van der Waals surface area contributed by atoms with Crippen LogP contribution in [0.5, 0.6) is 0 Å². The van der Waals surface area contributed by atoms with Crippen LogP contribution < -0.4 is 10.2 Å². The molecule has 1 N–H and O–H groups in total. The van der Waals surface area contributed by atoms with E-state index in [2.05, 4.69) is 10.2 Å². The molecule has 1 amide bonds. The van der Waals surface area contributed by atoms with Crippen molar-refractivity contribution in [2.24, 2.45) is 0 Å². The van der Waals surface area contributed by atoms with Crippen LogP contribution in [0.2, 0.25) is 0 Å². The van der Waals surface area contributed by atoms with Crippen molar-refractivity contribution in [1.29, 1.82) is 0 Å². The molecule has 0 saturated carbocycles. The lowest BCUT2D eigenvalue weighted by Gasteiger charge is -2.35. The monoisotopic (exact) mass is 372 g/mol. The van der Waals surface area contributed by atoms with Crippen molar-refractivity contribution in [2.75, 3.05) is 44.2 Å². The third-order valence-electron chi connectivity index (χ3n) is 4.62. The van der Waals surface area contributed by atoms with Gasteiger partial charge in [0.2, 0.25) is 0 Å². The number of nitrogens with one attached hydrogen (secondary N) is 1. The number of carbonyl (C=O) groups excluding carboxylic acids is 1. The number of halogens is 1. The topological polar surface area (TPSA) is 78.7 Å². The van der Waals surface area contributed by atoms with E-state index in [1.165, 1.54) is 18.2 Å². The minimum Gasteiger partial charge on any atom is -0.363 e. The number of para-hydroxylation sites is 2. The maximum atomic E-state index is 13.6. The van der Waals surface area contributed by atoms with Gasteiger partial charge in [0.25, 0.3) is 11.6 Å². The van der Waals surface area contributed by atoms with Gasteiger partial charge < -0.3 is 10.2 Å². The quantitative estimate of drug-likeness (QED) is 0.622. The first kappa shape index (κ1) is 18.8. The highest BCUT2D eigenvalue weighted by molar-refractivity contribution is 5.94. The summed E-state index contributed by atoms with van der Waals surface area (Å²) in [5.41, 5.74) is 0.789. The SMILES string of the molecule is O=C(NCCN1CCN(c2ccccc2[N+](=O)[O-])CC1)c1ccccc1F. The lowest BCUT2D eigenvalue weighted by Crippen LogP contribution is -2.48. The lowest BCUT2D eigenvalue weighted by atomic mass is 10.2. The van der Waals surface area contributed by atoms with E-state index in [0.717, 1.165) is 13.1 Å². The molecule has 0 atom stereocenters. The Morgan fingerprint density at radius 2 is 1.74 bits per heavy atom. The number of anilines is 1. The molecule has 0 unspecified atom stereocenters. The minimum absolute atomic E-state index is 0.0405. The van der Waals surface area contributed by atoms with Crippen LogP contribution >= 0.6 is 0 Å². The van der Waals surface area contributed by atoms with Gasteiger partial charge >= 0.3 is 0 Å². The molecule has 7 nitrogen and oxygen atoms in total. The Balaban J connectivity index is 1.47. The van der Waals surface area contributed by atoms with Crippen LogP contribution in [0.3, 0.4) is 0 Å². The first-order valence-corrected chi connectivity index (χ1v) is 8.79. The molecule has 1 heterocycles. The summed E-state index contributed by atoms with van der Waals surface area (Å²) < 4.78 is 13.6. The van der Waals surface area contributed by atoms with Crippen molar-refractivity contribution in [3.05, 3.63) is 70.0 Å². The lowest BCUT2D eigenvalue weighted by molar-refractivity contribution is -0.384. The average Bonchev–Trinajstić information content (AvgIpc) is 2.69. The first-order valence-electron chi connectivity index (χ1n) is 8.79. The standard InChI is InChI=1S/C19H21FN4O3/c20-16-6-2-1-5-15(16)19(25)21-9-10-22-11-13-23(14-12-22)17-7-3-4-8-18(17)24(26)27/h1-8H,9-14H2,(H,21,25). The fourth-order valence-corrected chi connectivity index (χ4v) is 3.17. The molecule has 0 radical (unpaired) electrons. The van der Waals surface area contributed by atoms with Gasteiger partial charge in [-0.25, -0.2) is 4.39 Å². The predicted octanol–water partition coefficient (Wildman–Crippen LogP) is 2.29. The summed E-state index contributed by atoms with van der Waals surface area (Å²) in [5.74, 6) is -0.959. The van der Waals surface area contributed by atoms with Crippen molar-refractivity contribution in [1.82, 2.24) is 10.2 Å². The van der Waals surface area contributed by atoms with Gasteiger partial charge in [0.1, 0.15) is 11.5 Å². The van der Waals surface area contributed by atoms with Crippen molar-refractivity contribution >= 4 is 17.3 Å². The summed E-state index contributed by atoms with van der Waals surface area (Å²) in [6.07, 6.45) is 0. The van der Waals surface area contributed by atoms with Crippen molar-refractivity contribution in [2.45, 2.75) is 0 Å². The van der Waals surface area contributed by atoms with Crippen LogP contribution in [0, 0.1) is 15.9 Å². The van der Waals surface area contributed by atoms with Crippen LogP contribution in [-0.2, 0) is 0 Å². The van der Waals surface area contributed by atoms with E-state index in [9.17, 15) is 19.3 Å². The van der Waals surface area contributed by atoms with Gasteiger partial charge in [0.05, 0.1) is 10.5 Å². The minimum atomic E-state index is -0.534. The summed E-state index contributed by atoms with van der Waals surface area (Å²) in [4.78, 5) is 27.0. The second-order valence-corrected chi connectivity index (χ2v) is 6.31. The maximum absolute atomic E-state index is 13.6. The molecular weight excluding hydrogens is 351 g/mol. The molecule has 27 heavy (non-hydrogen) atoms. The third kappa shape index (κ3) is 4.59. The summed E-state index contributed by atoms with van der Waals surface area (Å²) in [6, 6.07) is 12.6. The molecule has 1 aliphatic rings. The maximum Gasteiger partial charge on any atom is 0.292 e. The second kappa shape index (κ2) is 8.59. The number of hydrogen-bond donors (Lipinski definition) is 1. The van der Waals surface area contributed by atoms with Gasteiger partial charge in [-0.05, 0) is 18.2 Å². The van der Waals surface area contributed by atoms with Crippen molar-refractivity contribution in [3.63, 3.8) is 0 Å². The van der Waals surface area contributed by atoms with E-state index in [1.54, 1.807) is 30.3 Å². The number of piperazine rings is 1. The zero-order valence-electron chi connectivity index (χ0n) is 14.8. The number of nitro groups is 1. The Morgan fingerprint density at radius 1 is 1.07 bits per heavy atom. The Hall–Kier alpha value is -3.00.